The third-order valence-electron chi connectivity index (χ3n) is 2.06. The highest BCUT2D eigenvalue weighted by molar-refractivity contribution is 7.89. The smallest absolute Gasteiger partial charge is 0.336 e. The van der Waals surface area contributed by atoms with Crippen molar-refractivity contribution < 1.29 is 23.1 Å². The molecular formula is C9H14N2O5S. The first-order valence-corrected chi connectivity index (χ1v) is 6.22. The fourth-order valence-corrected chi connectivity index (χ4v) is 2.22. The van der Waals surface area contributed by atoms with Crippen LogP contribution in [0.2, 0.25) is 0 Å². The third-order valence-corrected chi connectivity index (χ3v) is 3.46. The van der Waals surface area contributed by atoms with E-state index in [1.165, 1.54) is 12.3 Å². The van der Waals surface area contributed by atoms with Crippen LogP contribution in [0, 0.1) is 0 Å². The zero-order valence-corrected chi connectivity index (χ0v) is 10.3. The van der Waals surface area contributed by atoms with Gasteiger partial charge >= 0.3 is 5.97 Å². The molecule has 1 atom stereocenters. The molecule has 96 valence electrons. The third kappa shape index (κ3) is 3.55. The number of hydrogen-bond donors (Lipinski definition) is 2. The number of hydrogen-bond acceptors (Lipinski definition) is 5. The summed E-state index contributed by atoms with van der Waals surface area (Å²) in [6, 6.07) is 1.41. The summed E-state index contributed by atoms with van der Waals surface area (Å²) in [7, 11) is -0.924. The predicted molar refractivity (Wildman–Crippen MR) is 58.6 cm³/mol. The van der Waals surface area contributed by atoms with E-state index in [1.807, 2.05) is 0 Å². The van der Waals surface area contributed by atoms with E-state index >= 15 is 0 Å². The van der Waals surface area contributed by atoms with Gasteiger partial charge in [-0.15, -0.1) is 0 Å². The van der Waals surface area contributed by atoms with Crippen LogP contribution in [0.15, 0.2) is 23.4 Å². The Morgan fingerprint density at radius 3 is 2.76 bits per heavy atom. The lowest BCUT2D eigenvalue weighted by Gasteiger charge is -2.09. The summed E-state index contributed by atoms with van der Waals surface area (Å²) < 4.78 is 31.3. The predicted octanol–water partition coefficient (Wildman–Crippen LogP) is -1.16. The van der Waals surface area contributed by atoms with Gasteiger partial charge in [0.1, 0.15) is 0 Å². The number of aromatic nitrogens is 1. The molecule has 1 aromatic heterocycles. The summed E-state index contributed by atoms with van der Waals surface area (Å²) in [5.74, 6) is -0.888. The lowest BCUT2D eigenvalue weighted by Crippen LogP contribution is -2.37. The second-order valence-electron chi connectivity index (χ2n) is 3.40. The monoisotopic (exact) mass is 262 g/mol. The van der Waals surface area contributed by atoms with Gasteiger partial charge < -0.3 is 14.4 Å². The quantitative estimate of drug-likeness (QED) is 0.652. The topological polar surface area (TPSA) is 97.6 Å². The van der Waals surface area contributed by atoms with E-state index < -0.39 is 28.6 Å². The molecule has 0 fully saturated rings. The number of aliphatic hydroxyl groups excluding tert-OH is 1. The first-order chi connectivity index (χ1) is 7.86. The van der Waals surface area contributed by atoms with E-state index in [-0.39, 0.29) is 4.90 Å². The first kappa shape index (κ1) is 13.7. The summed E-state index contributed by atoms with van der Waals surface area (Å²) >= 11 is 0. The number of ether oxygens (including phenoxy) is 1. The lowest BCUT2D eigenvalue weighted by atomic mass is 10.4. The van der Waals surface area contributed by atoms with E-state index in [2.05, 4.69) is 9.46 Å². The minimum absolute atomic E-state index is 0.0667. The molecule has 0 aliphatic heterocycles. The van der Waals surface area contributed by atoms with Gasteiger partial charge in [0, 0.05) is 26.0 Å². The van der Waals surface area contributed by atoms with Gasteiger partial charge in [-0.1, -0.05) is 0 Å². The van der Waals surface area contributed by atoms with Crippen LogP contribution in [0.4, 0.5) is 0 Å². The molecule has 0 saturated carbocycles. The summed E-state index contributed by atoms with van der Waals surface area (Å²) in [5.41, 5.74) is 0. The van der Waals surface area contributed by atoms with E-state index in [9.17, 15) is 18.3 Å². The fourth-order valence-electron chi connectivity index (χ4n) is 1.13. The largest absolute Gasteiger partial charge is 0.467 e. The second kappa shape index (κ2) is 5.30. The van der Waals surface area contributed by atoms with Crippen LogP contribution in [0.5, 0.6) is 0 Å². The zero-order chi connectivity index (χ0) is 13.1. The first-order valence-electron chi connectivity index (χ1n) is 4.74. The van der Waals surface area contributed by atoms with Crippen molar-refractivity contribution in [3.05, 3.63) is 18.5 Å². The molecule has 0 aliphatic rings. The van der Waals surface area contributed by atoms with E-state index in [0.717, 1.165) is 7.11 Å². The molecule has 1 heterocycles. The molecule has 1 rings (SSSR count). The van der Waals surface area contributed by atoms with Gasteiger partial charge in [-0.3, -0.25) is 0 Å². The number of rotatable bonds is 5. The van der Waals surface area contributed by atoms with Gasteiger partial charge in [-0.2, -0.15) is 0 Å². The lowest BCUT2D eigenvalue weighted by molar-refractivity contribution is -0.149. The minimum Gasteiger partial charge on any atom is -0.467 e. The minimum atomic E-state index is -3.71. The van der Waals surface area contributed by atoms with Crippen LogP contribution < -0.4 is 4.72 Å². The number of nitrogens with one attached hydrogen (secondary N) is 1. The van der Waals surface area contributed by atoms with Gasteiger partial charge in [0.05, 0.1) is 12.0 Å². The number of aryl methyl sites for hydroxylation is 1. The molecule has 8 heteroatoms. The number of esters is 1. The van der Waals surface area contributed by atoms with Gasteiger partial charge in [-0.25, -0.2) is 17.9 Å². The molecule has 2 N–H and O–H groups in total. The standard InChI is InChI=1S/C9H14N2O5S/c1-11-4-3-7(6-11)17(14,15)10-5-8(12)9(13)16-2/h3-4,6,8,10,12H,5H2,1-2H3. The van der Waals surface area contributed by atoms with Gasteiger partial charge in [-0.05, 0) is 6.07 Å². The van der Waals surface area contributed by atoms with Gasteiger partial charge in [0.2, 0.25) is 10.0 Å². The summed E-state index contributed by atoms with van der Waals surface area (Å²) in [5, 5.41) is 9.23. The van der Waals surface area contributed by atoms with Crippen molar-refractivity contribution in [2.24, 2.45) is 7.05 Å². The van der Waals surface area contributed by atoms with Crippen LogP contribution >= 0.6 is 0 Å². The number of methoxy groups -OCH3 is 1. The number of nitrogens with zero attached hydrogens (tertiary/aromatic N) is 1. The maximum atomic E-state index is 11.7. The number of carbonyl (C=O) groups excluding carboxylic acids is 1. The van der Waals surface area contributed by atoms with Crippen molar-refractivity contribution in [3.63, 3.8) is 0 Å². The molecule has 1 unspecified atom stereocenters. The highest BCUT2D eigenvalue weighted by Crippen LogP contribution is 2.07. The van der Waals surface area contributed by atoms with E-state index in [4.69, 9.17) is 0 Å². The Labute approximate surface area is 99.1 Å². The van der Waals surface area contributed by atoms with Gasteiger partial charge in [0.25, 0.3) is 0 Å². The van der Waals surface area contributed by atoms with Crippen LogP contribution in [0.3, 0.4) is 0 Å². The molecule has 1 aromatic rings. The summed E-state index contributed by atoms with van der Waals surface area (Å²) in [6.45, 7) is -0.427. The summed E-state index contributed by atoms with van der Waals surface area (Å²) in [6.07, 6.45) is 1.47. The average Bonchev–Trinajstić information content (AvgIpc) is 2.72. The highest BCUT2D eigenvalue weighted by atomic mass is 32.2. The van der Waals surface area contributed by atoms with Crippen molar-refractivity contribution >= 4 is 16.0 Å². The maximum Gasteiger partial charge on any atom is 0.336 e. The van der Waals surface area contributed by atoms with Crippen LogP contribution in [0.1, 0.15) is 0 Å². The molecule has 0 aromatic carbocycles. The SMILES string of the molecule is COC(=O)C(O)CNS(=O)(=O)c1ccn(C)c1. The van der Waals surface area contributed by atoms with Crippen molar-refractivity contribution in [2.45, 2.75) is 11.0 Å². The Balaban J connectivity index is 2.66. The molecule has 0 bridgehead atoms. The Morgan fingerprint density at radius 1 is 1.65 bits per heavy atom. The number of sulfonamides is 1. The Morgan fingerprint density at radius 2 is 2.29 bits per heavy atom. The van der Waals surface area contributed by atoms with Crippen molar-refractivity contribution in [1.29, 1.82) is 0 Å². The zero-order valence-electron chi connectivity index (χ0n) is 9.45. The van der Waals surface area contributed by atoms with Crippen LogP contribution in [0.25, 0.3) is 0 Å². The fraction of sp³-hybridized carbons (Fsp3) is 0.444. The number of carbonyl (C=O) groups is 1. The van der Waals surface area contributed by atoms with Crippen LogP contribution in [-0.4, -0.2) is 43.8 Å². The molecule has 0 saturated heterocycles. The summed E-state index contributed by atoms with van der Waals surface area (Å²) in [4.78, 5) is 10.9. The Kier molecular flexibility index (Phi) is 4.27. The number of aliphatic hydroxyl groups is 1. The molecule has 7 nitrogen and oxygen atoms in total. The van der Waals surface area contributed by atoms with E-state index in [0.29, 0.717) is 0 Å². The molecular weight excluding hydrogens is 248 g/mol. The highest BCUT2D eigenvalue weighted by Gasteiger charge is 2.20. The van der Waals surface area contributed by atoms with Crippen molar-refractivity contribution in [3.8, 4) is 0 Å². The Hall–Kier alpha value is -1.38. The maximum absolute atomic E-state index is 11.7. The molecule has 0 spiro atoms. The molecule has 0 aliphatic carbocycles. The van der Waals surface area contributed by atoms with E-state index in [1.54, 1.807) is 17.8 Å². The average molecular weight is 262 g/mol. The Bertz CT molecular complexity index is 493. The van der Waals surface area contributed by atoms with Crippen LogP contribution in [-0.2, 0) is 26.6 Å². The van der Waals surface area contributed by atoms with Gasteiger partial charge in [0.15, 0.2) is 6.10 Å². The van der Waals surface area contributed by atoms with Crippen molar-refractivity contribution in [2.75, 3.05) is 13.7 Å². The second-order valence-corrected chi connectivity index (χ2v) is 5.17. The molecule has 0 radical (unpaired) electrons. The molecule has 0 amide bonds. The normalized spacial score (nSPS) is 13.4. The molecule has 17 heavy (non-hydrogen) atoms. The van der Waals surface area contributed by atoms with Crippen molar-refractivity contribution in [1.82, 2.24) is 9.29 Å².